The summed E-state index contributed by atoms with van der Waals surface area (Å²) in [7, 11) is 0.920. The van der Waals surface area contributed by atoms with Crippen LogP contribution in [-0.4, -0.2) is 51.4 Å². The second-order valence-electron chi connectivity index (χ2n) is 6.04. The van der Waals surface area contributed by atoms with Gasteiger partial charge in [-0.05, 0) is 24.8 Å². The molecule has 1 aromatic carbocycles. The van der Waals surface area contributed by atoms with Gasteiger partial charge in [-0.3, -0.25) is 4.99 Å². The molecule has 7 heteroatoms. The average molecular weight is 451 g/mol. The number of benzene rings is 1. The quantitative estimate of drug-likeness (QED) is 0.433. The maximum Gasteiger partial charge on any atom is 0.193 e. The maximum absolute atomic E-state index is 11.5. The molecule has 1 saturated heterocycles. The Labute approximate surface area is 156 Å². The molecule has 1 aliphatic rings. The highest BCUT2D eigenvalue weighted by molar-refractivity contribution is 14.0. The molecule has 0 amide bonds. The molecular formula is C16H26IN3O2S. The van der Waals surface area contributed by atoms with E-state index in [2.05, 4.69) is 41.5 Å². The lowest BCUT2D eigenvalue weighted by Gasteiger charge is -2.23. The van der Waals surface area contributed by atoms with Gasteiger partial charge in [0.25, 0.3) is 0 Å². The van der Waals surface area contributed by atoms with E-state index in [-0.39, 0.29) is 29.9 Å². The lowest BCUT2D eigenvalue weighted by Crippen LogP contribution is -2.40. The van der Waals surface area contributed by atoms with Crippen molar-refractivity contribution in [3.8, 4) is 0 Å². The first-order chi connectivity index (χ1) is 10.4. The van der Waals surface area contributed by atoms with Gasteiger partial charge in [0.1, 0.15) is 0 Å². The van der Waals surface area contributed by atoms with E-state index in [0.717, 1.165) is 18.9 Å². The van der Waals surface area contributed by atoms with E-state index >= 15 is 0 Å². The van der Waals surface area contributed by atoms with Gasteiger partial charge >= 0.3 is 0 Å². The zero-order valence-corrected chi connectivity index (χ0v) is 17.1. The fourth-order valence-corrected chi connectivity index (χ4v) is 4.56. The highest BCUT2D eigenvalue weighted by Gasteiger charge is 2.27. The normalized spacial score (nSPS) is 20.0. The van der Waals surface area contributed by atoms with E-state index in [9.17, 15) is 8.42 Å². The van der Waals surface area contributed by atoms with E-state index in [1.165, 1.54) is 11.1 Å². The first-order valence-electron chi connectivity index (χ1n) is 7.57. The number of aliphatic imine (C=N–C) groups is 1. The SMILES string of the molecule is CN=C(NCC1CCS(=O)(=O)C1)N(C)Cc1ccc(C)cc1.I. The number of nitrogens with one attached hydrogen (secondary N) is 1. The second kappa shape index (κ2) is 8.86. The number of rotatable bonds is 4. The molecule has 1 heterocycles. The van der Waals surface area contributed by atoms with Crippen LogP contribution in [-0.2, 0) is 16.4 Å². The summed E-state index contributed by atoms with van der Waals surface area (Å²) in [6.07, 6.45) is 0.744. The summed E-state index contributed by atoms with van der Waals surface area (Å²) in [6.45, 7) is 3.50. The molecule has 1 unspecified atom stereocenters. The smallest absolute Gasteiger partial charge is 0.193 e. The van der Waals surface area contributed by atoms with Crippen LogP contribution in [0.1, 0.15) is 17.5 Å². The van der Waals surface area contributed by atoms with Crippen LogP contribution in [0.15, 0.2) is 29.3 Å². The molecule has 23 heavy (non-hydrogen) atoms. The predicted octanol–water partition coefficient (Wildman–Crippen LogP) is 2.05. The molecule has 0 bridgehead atoms. The molecule has 0 spiro atoms. The molecule has 0 radical (unpaired) electrons. The van der Waals surface area contributed by atoms with E-state index < -0.39 is 9.84 Å². The molecule has 5 nitrogen and oxygen atoms in total. The monoisotopic (exact) mass is 451 g/mol. The summed E-state index contributed by atoms with van der Waals surface area (Å²) in [5.74, 6) is 1.59. The summed E-state index contributed by atoms with van der Waals surface area (Å²) in [4.78, 5) is 6.33. The summed E-state index contributed by atoms with van der Waals surface area (Å²) < 4.78 is 23.0. The summed E-state index contributed by atoms with van der Waals surface area (Å²) in [6, 6.07) is 8.43. The van der Waals surface area contributed by atoms with Crippen molar-refractivity contribution < 1.29 is 8.42 Å². The molecule has 1 atom stereocenters. The third kappa shape index (κ3) is 6.29. The zero-order chi connectivity index (χ0) is 16.2. The average Bonchev–Trinajstić information content (AvgIpc) is 2.81. The molecular weight excluding hydrogens is 425 g/mol. The molecule has 1 aromatic rings. The molecule has 0 aromatic heterocycles. The minimum Gasteiger partial charge on any atom is -0.356 e. The number of hydrogen-bond acceptors (Lipinski definition) is 3. The maximum atomic E-state index is 11.5. The lowest BCUT2D eigenvalue weighted by atomic mass is 10.1. The Morgan fingerprint density at radius 1 is 1.35 bits per heavy atom. The van der Waals surface area contributed by atoms with Gasteiger partial charge in [0.15, 0.2) is 15.8 Å². The molecule has 0 saturated carbocycles. The van der Waals surface area contributed by atoms with Crippen LogP contribution in [0.25, 0.3) is 0 Å². The van der Waals surface area contributed by atoms with Crippen LogP contribution in [0.5, 0.6) is 0 Å². The number of hydrogen-bond donors (Lipinski definition) is 1. The molecule has 1 aliphatic heterocycles. The van der Waals surface area contributed by atoms with Gasteiger partial charge in [-0.15, -0.1) is 24.0 Å². The van der Waals surface area contributed by atoms with Crippen molar-refractivity contribution in [2.24, 2.45) is 10.9 Å². The summed E-state index contributed by atoms with van der Waals surface area (Å²) in [5.41, 5.74) is 2.47. The van der Waals surface area contributed by atoms with Crippen LogP contribution in [0.2, 0.25) is 0 Å². The van der Waals surface area contributed by atoms with E-state index in [4.69, 9.17) is 0 Å². The van der Waals surface area contributed by atoms with Gasteiger partial charge in [0, 0.05) is 27.2 Å². The number of sulfone groups is 1. The molecule has 0 aliphatic carbocycles. The lowest BCUT2D eigenvalue weighted by molar-refractivity contribution is 0.463. The van der Waals surface area contributed by atoms with Crippen molar-refractivity contribution in [1.29, 1.82) is 0 Å². The predicted molar refractivity (Wildman–Crippen MR) is 106 cm³/mol. The fourth-order valence-electron chi connectivity index (χ4n) is 2.70. The van der Waals surface area contributed by atoms with Crippen LogP contribution >= 0.6 is 24.0 Å². The van der Waals surface area contributed by atoms with Gasteiger partial charge < -0.3 is 10.2 Å². The fraction of sp³-hybridized carbons (Fsp3) is 0.562. The van der Waals surface area contributed by atoms with E-state index in [1.807, 2.05) is 11.9 Å². The minimum atomic E-state index is -2.82. The Bertz CT molecular complexity index is 629. The van der Waals surface area contributed by atoms with Gasteiger partial charge in [-0.2, -0.15) is 0 Å². The van der Waals surface area contributed by atoms with Crippen molar-refractivity contribution >= 4 is 39.8 Å². The molecule has 1 N–H and O–H groups in total. The van der Waals surface area contributed by atoms with Crippen molar-refractivity contribution in [3.63, 3.8) is 0 Å². The topological polar surface area (TPSA) is 61.8 Å². The largest absolute Gasteiger partial charge is 0.356 e. The Morgan fingerprint density at radius 3 is 2.52 bits per heavy atom. The first kappa shape index (κ1) is 20.2. The van der Waals surface area contributed by atoms with E-state index in [1.54, 1.807) is 7.05 Å². The first-order valence-corrected chi connectivity index (χ1v) is 9.39. The molecule has 130 valence electrons. The van der Waals surface area contributed by atoms with Gasteiger partial charge in [0.05, 0.1) is 11.5 Å². The van der Waals surface area contributed by atoms with Crippen molar-refractivity contribution in [3.05, 3.63) is 35.4 Å². The van der Waals surface area contributed by atoms with Crippen molar-refractivity contribution in [2.45, 2.75) is 19.9 Å². The zero-order valence-electron chi connectivity index (χ0n) is 13.9. The van der Waals surface area contributed by atoms with Gasteiger partial charge in [-0.1, -0.05) is 29.8 Å². The number of aryl methyl sites for hydroxylation is 1. The summed E-state index contributed by atoms with van der Waals surface area (Å²) in [5, 5.41) is 3.29. The van der Waals surface area contributed by atoms with Crippen LogP contribution in [0.4, 0.5) is 0 Å². The van der Waals surface area contributed by atoms with Gasteiger partial charge in [-0.25, -0.2) is 8.42 Å². The van der Waals surface area contributed by atoms with Crippen molar-refractivity contribution in [1.82, 2.24) is 10.2 Å². The Hall–Kier alpha value is -0.830. The third-order valence-electron chi connectivity index (χ3n) is 3.99. The third-order valence-corrected chi connectivity index (χ3v) is 5.83. The Kier molecular flexibility index (Phi) is 7.79. The summed E-state index contributed by atoms with van der Waals surface area (Å²) >= 11 is 0. The van der Waals surface area contributed by atoms with Crippen LogP contribution in [0.3, 0.4) is 0 Å². The van der Waals surface area contributed by atoms with Crippen LogP contribution < -0.4 is 5.32 Å². The Balaban J connectivity index is 0.00000264. The number of nitrogens with zero attached hydrogens (tertiary/aromatic N) is 2. The number of guanidine groups is 1. The van der Waals surface area contributed by atoms with E-state index in [0.29, 0.717) is 18.1 Å². The minimum absolute atomic E-state index is 0. The molecule has 2 rings (SSSR count). The number of halogens is 1. The van der Waals surface area contributed by atoms with Gasteiger partial charge in [0.2, 0.25) is 0 Å². The standard InChI is InChI=1S/C16H25N3O2S.HI/c1-13-4-6-14(7-5-13)11-19(3)16(17-2)18-10-15-8-9-22(20,21)12-15;/h4-7,15H,8-12H2,1-3H3,(H,17,18);1H. The highest BCUT2D eigenvalue weighted by atomic mass is 127. The Morgan fingerprint density at radius 2 is 2.00 bits per heavy atom. The molecule has 1 fully saturated rings. The second-order valence-corrected chi connectivity index (χ2v) is 8.27. The highest BCUT2D eigenvalue weighted by Crippen LogP contribution is 2.17. The van der Waals surface area contributed by atoms with Crippen LogP contribution in [0, 0.1) is 12.8 Å². The van der Waals surface area contributed by atoms with Crippen molar-refractivity contribution in [2.75, 3.05) is 32.1 Å².